The topological polar surface area (TPSA) is 102 Å². The molecule has 4 aromatic rings. The molecule has 230 valence electrons. The van der Waals surface area contributed by atoms with Gasteiger partial charge in [-0.3, -0.25) is 0 Å². The molecule has 0 aromatic carbocycles. The Morgan fingerprint density at radius 3 is 2.14 bits per heavy atom. The second-order valence-electron chi connectivity index (χ2n) is 15.4. The van der Waals surface area contributed by atoms with Crippen LogP contribution in [-0.4, -0.2) is 31.4 Å². The summed E-state index contributed by atoms with van der Waals surface area (Å²) in [5.41, 5.74) is 0.501. The molecule has 10 heteroatoms. The molecule has 44 heavy (non-hydrogen) atoms. The molecular formula is C34H40N6O2S2. The molecule has 0 saturated heterocycles. The molecule has 2 atom stereocenters. The maximum absolute atomic E-state index is 6.00. The van der Waals surface area contributed by atoms with E-state index in [1.807, 2.05) is 28.8 Å². The van der Waals surface area contributed by atoms with Crippen molar-refractivity contribution < 1.29 is 8.94 Å². The zero-order valence-electron chi connectivity index (χ0n) is 25.0. The van der Waals surface area contributed by atoms with Crippen molar-refractivity contribution in [2.45, 2.75) is 101 Å². The Labute approximate surface area is 265 Å². The molecule has 4 heterocycles. The van der Waals surface area contributed by atoms with Gasteiger partial charge in [0, 0.05) is 16.0 Å². The molecule has 0 amide bonds. The van der Waals surface area contributed by atoms with Crippen LogP contribution < -0.4 is 10.6 Å². The largest absolute Gasteiger partial charge is 0.419 e. The highest BCUT2D eigenvalue weighted by Crippen LogP contribution is 2.62. The molecular weight excluding hydrogens is 589 g/mol. The first kappa shape index (κ1) is 26.8. The molecule has 8 aliphatic carbocycles. The fourth-order valence-corrected chi connectivity index (χ4v) is 13.3. The Kier molecular flexibility index (Phi) is 6.12. The molecule has 2 N–H and O–H groups in total. The molecule has 8 nitrogen and oxygen atoms in total. The van der Waals surface area contributed by atoms with E-state index in [4.69, 9.17) is 13.9 Å². The highest BCUT2D eigenvalue weighted by Gasteiger charge is 2.56. The number of thiophene rings is 2. The van der Waals surface area contributed by atoms with Crippen molar-refractivity contribution in [2.24, 2.45) is 35.5 Å². The summed E-state index contributed by atoms with van der Waals surface area (Å²) < 4.78 is 11.8. The molecule has 8 bridgehead atoms. The SMILES string of the molecule is c1csc(-c2nnc(CNC34CC5CC(C3)C(c3ccc(-c6noc(CNC78CC9CC(CC(C9)C7)C8)n6)s3)C(C5)C4)o2)c1. The average molecular weight is 629 g/mol. The van der Waals surface area contributed by atoms with Gasteiger partial charge in [0.1, 0.15) is 0 Å². The van der Waals surface area contributed by atoms with Crippen LogP contribution in [0, 0.1) is 35.5 Å². The minimum absolute atomic E-state index is 0.191. The Bertz CT molecular complexity index is 1610. The van der Waals surface area contributed by atoms with E-state index in [-0.39, 0.29) is 5.54 Å². The van der Waals surface area contributed by atoms with E-state index in [1.54, 1.807) is 11.3 Å². The van der Waals surface area contributed by atoms with Crippen LogP contribution >= 0.6 is 22.7 Å². The molecule has 2 unspecified atom stereocenters. The molecule has 0 spiro atoms. The molecule has 8 fully saturated rings. The van der Waals surface area contributed by atoms with Gasteiger partial charge in [-0.15, -0.1) is 32.9 Å². The summed E-state index contributed by atoms with van der Waals surface area (Å²) in [4.78, 5) is 8.56. The summed E-state index contributed by atoms with van der Waals surface area (Å²) in [5, 5.41) is 23.0. The number of rotatable bonds is 9. The fraction of sp³-hybridized carbons (Fsp3) is 0.647. The molecule has 8 aliphatic rings. The van der Waals surface area contributed by atoms with Gasteiger partial charge in [0.15, 0.2) is 0 Å². The smallest absolute Gasteiger partial charge is 0.257 e. The van der Waals surface area contributed by atoms with Gasteiger partial charge in [-0.05, 0) is 136 Å². The first-order chi connectivity index (χ1) is 21.6. The van der Waals surface area contributed by atoms with Crippen molar-refractivity contribution in [2.75, 3.05) is 0 Å². The lowest BCUT2D eigenvalue weighted by atomic mass is 9.49. The van der Waals surface area contributed by atoms with Gasteiger partial charge in [-0.2, -0.15) is 4.98 Å². The summed E-state index contributed by atoms with van der Waals surface area (Å²) in [5.74, 6) is 8.50. The van der Waals surface area contributed by atoms with Gasteiger partial charge < -0.3 is 19.6 Å². The summed E-state index contributed by atoms with van der Waals surface area (Å²) >= 11 is 3.53. The molecule has 12 rings (SSSR count). The summed E-state index contributed by atoms with van der Waals surface area (Å²) in [6.07, 6.45) is 14.8. The lowest BCUT2D eigenvalue weighted by molar-refractivity contribution is -0.0389. The minimum atomic E-state index is 0.191. The van der Waals surface area contributed by atoms with Gasteiger partial charge in [-0.1, -0.05) is 11.2 Å². The van der Waals surface area contributed by atoms with Crippen LogP contribution in [0.2, 0.25) is 0 Å². The third kappa shape index (κ3) is 4.57. The normalized spacial score (nSPS) is 38.2. The zero-order chi connectivity index (χ0) is 28.9. The van der Waals surface area contributed by atoms with Crippen LogP contribution in [0.15, 0.2) is 38.6 Å². The van der Waals surface area contributed by atoms with Crippen LogP contribution in [0.5, 0.6) is 0 Å². The van der Waals surface area contributed by atoms with Gasteiger partial charge >= 0.3 is 0 Å². The lowest BCUT2D eigenvalue weighted by Gasteiger charge is -2.60. The number of aromatic nitrogens is 4. The molecule has 0 radical (unpaired) electrons. The Morgan fingerprint density at radius 1 is 0.750 bits per heavy atom. The third-order valence-corrected chi connectivity index (χ3v) is 14.4. The van der Waals surface area contributed by atoms with Crippen LogP contribution in [0.1, 0.15) is 93.2 Å². The maximum atomic E-state index is 6.00. The second-order valence-corrected chi connectivity index (χ2v) is 17.4. The zero-order valence-corrected chi connectivity index (χ0v) is 26.7. The highest BCUT2D eigenvalue weighted by atomic mass is 32.1. The van der Waals surface area contributed by atoms with E-state index in [0.29, 0.717) is 36.3 Å². The van der Waals surface area contributed by atoms with E-state index in [1.165, 1.54) is 75.5 Å². The lowest BCUT2D eigenvalue weighted by Crippen LogP contribution is -2.60. The predicted molar refractivity (Wildman–Crippen MR) is 169 cm³/mol. The van der Waals surface area contributed by atoms with E-state index in [9.17, 15) is 0 Å². The van der Waals surface area contributed by atoms with Gasteiger partial charge in [0.25, 0.3) is 5.89 Å². The van der Waals surface area contributed by atoms with Crippen molar-refractivity contribution in [1.29, 1.82) is 0 Å². The molecule has 8 saturated carbocycles. The van der Waals surface area contributed by atoms with Crippen molar-refractivity contribution in [1.82, 2.24) is 31.0 Å². The average Bonchev–Trinajstić information content (AvgIpc) is 3.81. The maximum Gasteiger partial charge on any atom is 0.257 e. The molecule has 4 aromatic heterocycles. The van der Waals surface area contributed by atoms with Crippen molar-refractivity contribution >= 4 is 22.7 Å². The predicted octanol–water partition coefficient (Wildman–Crippen LogP) is 7.42. The van der Waals surface area contributed by atoms with Crippen LogP contribution in [0.3, 0.4) is 0 Å². The van der Waals surface area contributed by atoms with Crippen molar-refractivity contribution in [3.8, 4) is 21.5 Å². The number of nitrogens with zero attached hydrogens (tertiary/aromatic N) is 4. The summed E-state index contributed by atoms with van der Waals surface area (Å²) in [6.45, 7) is 1.34. The highest BCUT2D eigenvalue weighted by molar-refractivity contribution is 7.15. The van der Waals surface area contributed by atoms with Crippen LogP contribution in [0.4, 0.5) is 0 Å². The van der Waals surface area contributed by atoms with Gasteiger partial charge in [0.05, 0.1) is 22.8 Å². The summed E-state index contributed by atoms with van der Waals surface area (Å²) in [6, 6.07) is 8.65. The van der Waals surface area contributed by atoms with Gasteiger partial charge in [-0.25, -0.2) is 0 Å². The van der Waals surface area contributed by atoms with Crippen molar-refractivity contribution in [3.63, 3.8) is 0 Å². The van der Waals surface area contributed by atoms with E-state index >= 15 is 0 Å². The van der Waals surface area contributed by atoms with Crippen LogP contribution in [0.25, 0.3) is 21.5 Å². The fourth-order valence-electron chi connectivity index (χ4n) is 11.5. The monoisotopic (exact) mass is 628 g/mol. The van der Waals surface area contributed by atoms with Gasteiger partial charge in [0.2, 0.25) is 17.6 Å². The number of hydrogen-bond acceptors (Lipinski definition) is 10. The number of nitrogens with one attached hydrogen (secondary N) is 2. The minimum Gasteiger partial charge on any atom is -0.419 e. The van der Waals surface area contributed by atoms with E-state index in [0.717, 1.165) is 57.0 Å². The van der Waals surface area contributed by atoms with E-state index in [2.05, 4.69) is 38.1 Å². The van der Waals surface area contributed by atoms with Crippen molar-refractivity contribution in [3.05, 3.63) is 46.3 Å². The second kappa shape index (κ2) is 10.0. The Hall–Kier alpha value is -2.40. The Balaban J connectivity index is 0.802. The third-order valence-electron chi connectivity index (χ3n) is 12.4. The first-order valence-corrected chi connectivity index (χ1v) is 18.5. The first-order valence-electron chi connectivity index (χ1n) is 16.8. The standard InChI is InChI=1S/C34H40N6O2S2/c1-2-27(43-5-1)32-39-38-29(41-32)18-36-34-14-22-9-23(15-34)30(24(10-22)16-34)25-3-4-26(44-25)31-37-28(42-40-31)17-35-33-11-19-6-20(12-33)8-21(7-19)13-33/h1-5,19-24,30,35-36H,6-18H2. The van der Waals surface area contributed by atoms with Crippen LogP contribution in [-0.2, 0) is 13.1 Å². The number of hydrogen-bond donors (Lipinski definition) is 2. The summed E-state index contributed by atoms with van der Waals surface area (Å²) in [7, 11) is 0. The quantitative estimate of drug-likeness (QED) is 0.198. The molecule has 0 aliphatic heterocycles. The Morgan fingerprint density at radius 2 is 1.43 bits per heavy atom. The van der Waals surface area contributed by atoms with E-state index < -0.39 is 0 Å².